The van der Waals surface area contributed by atoms with E-state index in [1.165, 1.54) is 0 Å². The lowest BCUT2D eigenvalue weighted by Crippen LogP contribution is -2.52. The summed E-state index contributed by atoms with van der Waals surface area (Å²) in [4.78, 5) is 26.8. The molecule has 0 aliphatic rings. The Morgan fingerprint density at radius 3 is 2.24 bits per heavy atom. The summed E-state index contributed by atoms with van der Waals surface area (Å²) in [7, 11) is 4.02. The Balaban J connectivity index is 2.60. The second kappa shape index (κ2) is 9.42. The molecule has 0 spiro atoms. The minimum Gasteiger partial charge on any atom is -0.354 e. The number of carbonyl (C=O) groups is 2. The van der Waals surface area contributed by atoms with Gasteiger partial charge >= 0.3 is 6.03 Å². The van der Waals surface area contributed by atoms with Crippen LogP contribution in [-0.2, 0) is 4.79 Å². The second-order valence-corrected chi connectivity index (χ2v) is 7.81. The summed E-state index contributed by atoms with van der Waals surface area (Å²) in [6, 6.07) is 8.20. The summed E-state index contributed by atoms with van der Waals surface area (Å²) in [6.45, 7) is 9.45. The predicted octanol–water partition coefficient (Wildman–Crippen LogP) is 2.54. The molecule has 1 unspecified atom stereocenters. The van der Waals surface area contributed by atoms with Crippen LogP contribution in [-0.4, -0.2) is 50.1 Å². The number of rotatable bonds is 8. The Hall–Kier alpha value is -2.08. The zero-order chi connectivity index (χ0) is 19.0. The quantitative estimate of drug-likeness (QED) is 0.676. The molecule has 1 aromatic carbocycles. The van der Waals surface area contributed by atoms with Crippen molar-refractivity contribution in [2.24, 2.45) is 11.3 Å². The van der Waals surface area contributed by atoms with Gasteiger partial charge in [0.1, 0.15) is 6.04 Å². The van der Waals surface area contributed by atoms with Crippen molar-refractivity contribution in [2.75, 3.05) is 32.5 Å². The Labute approximate surface area is 151 Å². The largest absolute Gasteiger partial charge is 0.354 e. The van der Waals surface area contributed by atoms with Crippen molar-refractivity contribution < 1.29 is 9.59 Å². The Morgan fingerprint density at radius 1 is 1.12 bits per heavy atom. The van der Waals surface area contributed by atoms with E-state index in [0.717, 1.165) is 6.54 Å². The number of hydrogen-bond donors (Lipinski definition) is 3. The third-order valence-corrected chi connectivity index (χ3v) is 3.75. The first-order valence-corrected chi connectivity index (χ1v) is 8.66. The van der Waals surface area contributed by atoms with Crippen LogP contribution in [0, 0.1) is 11.3 Å². The molecular formula is C19H32N4O2. The minimum atomic E-state index is -0.584. The topological polar surface area (TPSA) is 73.5 Å². The van der Waals surface area contributed by atoms with Crippen LogP contribution in [0.15, 0.2) is 30.3 Å². The van der Waals surface area contributed by atoms with Gasteiger partial charge in [0.2, 0.25) is 5.91 Å². The van der Waals surface area contributed by atoms with Crippen molar-refractivity contribution in [2.45, 2.75) is 33.7 Å². The molecule has 3 N–H and O–H groups in total. The molecule has 25 heavy (non-hydrogen) atoms. The molecule has 0 saturated heterocycles. The smallest absolute Gasteiger partial charge is 0.319 e. The summed E-state index contributed by atoms with van der Waals surface area (Å²) >= 11 is 0. The zero-order valence-corrected chi connectivity index (χ0v) is 16.2. The zero-order valence-electron chi connectivity index (χ0n) is 16.2. The molecule has 6 nitrogen and oxygen atoms in total. The number of hydrogen-bond acceptors (Lipinski definition) is 3. The average Bonchev–Trinajstić information content (AvgIpc) is 2.50. The van der Waals surface area contributed by atoms with Gasteiger partial charge in [0, 0.05) is 18.8 Å². The lowest BCUT2D eigenvalue weighted by molar-refractivity contribution is -0.124. The molecule has 0 saturated carbocycles. The fourth-order valence-electron chi connectivity index (χ4n) is 2.71. The highest BCUT2D eigenvalue weighted by atomic mass is 16.2. The summed E-state index contributed by atoms with van der Waals surface area (Å²) in [5, 5.41) is 8.48. The van der Waals surface area contributed by atoms with Crippen molar-refractivity contribution in [1.29, 1.82) is 0 Å². The molecule has 1 rings (SSSR count). The molecule has 0 heterocycles. The van der Waals surface area contributed by atoms with Crippen LogP contribution >= 0.6 is 0 Å². The lowest BCUT2D eigenvalue weighted by Gasteiger charge is -2.30. The number of para-hydroxylation sites is 1. The summed E-state index contributed by atoms with van der Waals surface area (Å²) in [6.07, 6.45) is 0. The van der Waals surface area contributed by atoms with Crippen LogP contribution in [0.2, 0.25) is 0 Å². The molecular weight excluding hydrogens is 316 g/mol. The molecule has 0 bridgehead atoms. The monoisotopic (exact) mass is 348 g/mol. The van der Waals surface area contributed by atoms with Crippen molar-refractivity contribution in [3.05, 3.63) is 30.3 Å². The number of amides is 3. The Kier molecular flexibility index (Phi) is 7.90. The van der Waals surface area contributed by atoms with E-state index in [1.54, 1.807) is 12.1 Å². The van der Waals surface area contributed by atoms with Gasteiger partial charge in [-0.15, -0.1) is 0 Å². The summed E-state index contributed by atoms with van der Waals surface area (Å²) in [5.41, 5.74) is 0.641. The molecule has 1 aromatic rings. The molecule has 0 radical (unpaired) electrons. The number of carbonyl (C=O) groups excluding carboxylic acids is 2. The van der Waals surface area contributed by atoms with Crippen LogP contribution < -0.4 is 16.0 Å². The normalized spacial score (nSPS) is 12.8. The first-order chi connectivity index (χ1) is 11.6. The van der Waals surface area contributed by atoms with Gasteiger partial charge in [-0.25, -0.2) is 4.79 Å². The van der Waals surface area contributed by atoms with Crippen LogP contribution in [0.4, 0.5) is 10.5 Å². The van der Waals surface area contributed by atoms with E-state index in [2.05, 4.69) is 34.7 Å². The van der Waals surface area contributed by atoms with Gasteiger partial charge < -0.3 is 20.9 Å². The van der Waals surface area contributed by atoms with Gasteiger partial charge in [-0.05, 0) is 37.6 Å². The standard InChI is InChI=1S/C19H32N4O2/c1-14(2)16(17(24)20-12-19(3,4)13-23(5)6)22-18(25)21-15-10-8-7-9-11-15/h7-11,14,16H,12-13H2,1-6H3,(H,20,24)(H2,21,22,25). The van der Waals surface area contributed by atoms with Crippen LogP contribution in [0.3, 0.4) is 0 Å². The van der Waals surface area contributed by atoms with Gasteiger partial charge in [0.25, 0.3) is 0 Å². The maximum absolute atomic E-state index is 12.5. The number of benzene rings is 1. The molecule has 1 atom stereocenters. The minimum absolute atomic E-state index is 0.0153. The highest BCUT2D eigenvalue weighted by Gasteiger charge is 2.26. The SMILES string of the molecule is CC(C)C(NC(=O)Nc1ccccc1)C(=O)NCC(C)(C)CN(C)C. The molecule has 0 fully saturated rings. The van der Waals surface area contributed by atoms with Crippen molar-refractivity contribution in [3.8, 4) is 0 Å². The molecule has 3 amide bonds. The fraction of sp³-hybridized carbons (Fsp3) is 0.579. The molecule has 0 aliphatic heterocycles. The number of nitrogens with one attached hydrogen (secondary N) is 3. The van der Waals surface area contributed by atoms with Crippen LogP contribution in [0.25, 0.3) is 0 Å². The second-order valence-electron chi connectivity index (χ2n) is 7.81. The molecule has 6 heteroatoms. The Morgan fingerprint density at radius 2 is 1.72 bits per heavy atom. The highest BCUT2D eigenvalue weighted by molar-refractivity contribution is 5.93. The van der Waals surface area contributed by atoms with E-state index in [4.69, 9.17) is 0 Å². The molecule has 0 aromatic heterocycles. The van der Waals surface area contributed by atoms with Crippen molar-refractivity contribution in [1.82, 2.24) is 15.5 Å². The van der Waals surface area contributed by atoms with Gasteiger partial charge in [-0.3, -0.25) is 4.79 Å². The third-order valence-electron chi connectivity index (χ3n) is 3.75. The first-order valence-electron chi connectivity index (χ1n) is 8.66. The van der Waals surface area contributed by atoms with E-state index in [9.17, 15) is 9.59 Å². The van der Waals surface area contributed by atoms with Crippen LogP contribution in [0.5, 0.6) is 0 Å². The van der Waals surface area contributed by atoms with Crippen LogP contribution in [0.1, 0.15) is 27.7 Å². The Bertz CT molecular complexity index is 556. The van der Waals surface area contributed by atoms with E-state index in [1.807, 2.05) is 46.1 Å². The number of nitrogens with zero attached hydrogens (tertiary/aromatic N) is 1. The fourth-order valence-corrected chi connectivity index (χ4v) is 2.71. The maximum atomic E-state index is 12.5. The average molecular weight is 348 g/mol. The van der Waals surface area contributed by atoms with Crippen molar-refractivity contribution in [3.63, 3.8) is 0 Å². The third kappa shape index (κ3) is 8.03. The van der Waals surface area contributed by atoms with Crippen molar-refractivity contribution >= 4 is 17.6 Å². The van der Waals surface area contributed by atoms with Gasteiger partial charge in [0.05, 0.1) is 0 Å². The first kappa shape index (κ1) is 21.0. The number of anilines is 1. The van der Waals surface area contributed by atoms with E-state index >= 15 is 0 Å². The summed E-state index contributed by atoms with van der Waals surface area (Å²) < 4.78 is 0. The van der Waals surface area contributed by atoms with Gasteiger partial charge in [-0.2, -0.15) is 0 Å². The molecule has 0 aliphatic carbocycles. The van der Waals surface area contributed by atoms with Gasteiger partial charge in [-0.1, -0.05) is 45.9 Å². The van der Waals surface area contributed by atoms with Gasteiger partial charge in [0.15, 0.2) is 0 Å². The summed E-state index contributed by atoms with van der Waals surface area (Å²) in [5.74, 6) is -0.177. The van der Waals surface area contributed by atoms with E-state index in [-0.39, 0.29) is 23.3 Å². The predicted molar refractivity (Wildman–Crippen MR) is 103 cm³/mol. The van der Waals surface area contributed by atoms with E-state index < -0.39 is 6.04 Å². The van der Waals surface area contributed by atoms with E-state index in [0.29, 0.717) is 12.2 Å². The maximum Gasteiger partial charge on any atom is 0.319 e. The highest BCUT2D eigenvalue weighted by Crippen LogP contribution is 2.14. The lowest BCUT2D eigenvalue weighted by atomic mass is 9.92. The molecule has 140 valence electrons. The number of urea groups is 1.